The van der Waals surface area contributed by atoms with Crippen LogP contribution in [-0.2, 0) is 6.61 Å². The molecule has 1 amide bonds. The van der Waals surface area contributed by atoms with Crippen LogP contribution in [0.2, 0.25) is 0 Å². The largest absolute Gasteiger partial charge is 0.493 e. The second kappa shape index (κ2) is 13.4. The topological polar surface area (TPSA) is 78.4 Å². The van der Waals surface area contributed by atoms with Crippen molar-refractivity contribution in [3.05, 3.63) is 93.6 Å². The Bertz CT molecular complexity index is 1180. The monoisotopic (exact) mass is 586 g/mol. The standard InChI is InChI=1S/C27H27IN2O5/c1-4-13-34-23-12-11-21(16-24(23)33-5-2)27(31)30-29-17-20-14-22(28)26(25(15-20)32-3)35-18-19-9-7-6-8-10-19/h4,6-12,14-17H,1,5,13,18H2,2-3H3,(H,30,31)/b29-17+. The summed E-state index contributed by atoms with van der Waals surface area (Å²) in [5.41, 5.74) is 4.75. The molecule has 0 saturated heterocycles. The van der Waals surface area contributed by atoms with E-state index in [-0.39, 0.29) is 5.91 Å². The van der Waals surface area contributed by atoms with Gasteiger partial charge in [0.05, 0.1) is 23.5 Å². The second-order valence-electron chi connectivity index (χ2n) is 7.20. The molecule has 0 heterocycles. The number of hydrogen-bond donors (Lipinski definition) is 1. The average molecular weight is 586 g/mol. The zero-order valence-electron chi connectivity index (χ0n) is 19.6. The maximum atomic E-state index is 12.6. The fourth-order valence-corrected chi connectivity index (χ4v) is 3.88. The smallest absolute Gasteiger partial charge is 0.271 e. The highest BCUT2D eigenvalue weighted by molar-refractivity contribution is 14.1. The van der Waals surface area contributed by atoms with Crippen molar-refractivity contribution >= 4 is 34.7 Å². The fourth-order valence-electron chi connectivity index (χ4n) is 3.10. The van der Waals surface area contributed by atoms with Crippen LogP contribution in [0.5, 0.6) is 23.0 Å². The third-order valence-electron chi connectivity index (χ3n) is 4.72. The number of amides is 1. The lowest BCUT2D eigenvalue weighted by Crippen LogP contribution is -2.17. The van der Waals surface area contributed by atoms with Gasteiger partial charge in [-0.25, -0.2) is 5.43 Å². The Morgan fingerprint density at radius 3 is 2.54 bits per heavy atom. The minimum atomic E-state index is -0.373. The molecular formula is C27H27IN2O5. The quantitative estimate of drug-likeness (QED) is 0.129. The Kier molecular flexibility index (Phi) is 9.97. The van der Waals surface area contributed by atoms with E-state index < -0.39 is 0 Å². The van der Waals surface area contributed by atoms with Crippen molar-refractivity contribution in [3.63, 3.8) is 0 Å². The Morgan fingerprint density at radius 2 is 1.83 bits per heavy atom. The molecule has 0 unspecified atom stereocenters. The van der Waals surface area contributed by atoms with Gasteiger partial charge in [-0.1, -0.05) is 43.0 Å². The molecule has 0 aliphatic heterocycles. The summed E-state index contributed by atoms with van der Waals surface area (Å²) in [4.78, 5) is 12.6. The van der Waals surface area contributed by atoms with Gasteiger partial charge in [0.15, 0.2) is 23.0 Å². The van der Waals surface area contributed by atoms with Crippen LogP contribution in [0, 0.1) is 3.57 Å². The summed E-state index contributed by atoms with van der Waals surface area (Å²) < 4.78 is 23.5. The van der Waals surface area contributed by atoms with E-state index in [4.69, 9.17) is 18.9 Å². The molecule has 3 aromatic carbocycles. The summed E-state index contributed by atoms with van der Waals surface area (Å²) in [6.45, 7) is 6.71. The summed E-state index contributed by atoms with van der Waals surface area (Å²) in [7, 11) is 1.59. The highest BCUT2D eigenvalue weighted by Crippen LogP contribution is 2.34. The van der Waals surface area contributed by atoms with Crippen molar-refractivity contribution in [2.45, 2.75) is 13.5 Å². The molecule has 35 heavy (non-hydrogen) atoms. The van der Waals surface area contributed by atoms with E-state index in [1.54, 1.807) is 43.7 Å². The summed E-state index contributed by atoms with van der Waals surface area (Å²) in [5, 5.41) is 4.10. The molecule has 0 fully saturated rings. The lowest BCUT2D eigenvalue weighted by atomic mass is 10.2. The van der Waals surface area contributed by atoms with Gasteiger partial charge < -0.3 is 18.9 Å². The first-order valence-electron chi connectivity index (χ1n) is 10.9. The normalized spacial score (nSPS) is 10.6. The Balaban J connectivity index is 1.68. The molecule has 1 N–H and O–H groups in total. The number of halogens is 1. The van der Waals surface area contributed by atoms with Crippen molar-refractivity contribution in [1.29, 1.82) is 0 Å². The van der Waals surface area contributed by atoms with Crippen LogP contribution in [-0.4, -0.2) is 32.4 Å². The molecule has 0 spiro atoms. The van der Waals surface area contributed by atoms with E-state index in [0.29, 0.717) is 48.4 Å². The van der Waals surface area contributed by atoms with E-state index in [0.717, 1.165) is 14.7 Å². The van der Waals surface area contributed by atoms with Gasteiger partial charge >= 0.3 is 0 Å². The minimum absolute atomic E-state index is 0.342. The maximum Gasteiger partial charge on any atom is 0.271 e. The van der Waals surface area contributed by atoms with Gasteiger partial charge in [0.2, 0.25) is 0 Å². The van der Waals surface area contributed by atoms with E-state index in [1.165, 1.54) is 0 Å². The van der Waals surface area contributed by atoms with Gasteiger partial charge in [-0.15, -0.1) is 0 Å². The summed E-state index contributed by atoms with van der Waals surface area (Å²) in [5.74, 6) is 1.89. The molecule has 0 aliphatic carbocycles. The van der Waals surface area contributed by atoms with E-state index in [2.05, 4.69) is 39.7 Å². The van der Waals surface area contributed by atoms with Crippen LogP contribution in [0.25, 0.3) is 0 Å². The molecule has 0 bridgehead atoms. The van der Waals surface area contributed by atoms with E-state index in [1.807, 2.05) is 43.3 Å². The van der Waals surface area contributed by atoms with Gasteiger partial charge in [0.1, 0.15) is 13.2 Å². The highest BCUT2D eigenvalue weighted by atomic mass is 127. The third-order valence-corrected chi connectivity index (χ3v) is 5.52. The summed E-state index contributed by atoms with van der Waals surface area (Å²) in [6.07, 6.45) is 3.19. The molecular weight excluding hydrogens is 559 g/mol. The van der Waals surface area contributed by atoms with E-state index in [9.17, 15) is 4.79 Å². The SMILES string of the molecule is C=CCOc1ccc(C(=O)N/N=C/c2cc(I)c(OCc3ccccc3)c(OC)c2)cc1OCC. The molecule has 182 valence electrons. The first kappa shape index (κ1) is 26.1. The third kappa shape index (κ3) is 7.48. The van der Waals surface area contributed by atoms with Crippen molar-refractivity contribution in [3.8, 4) is 23.0 Å². The summed E-state index contributed by atoms with van der Waals surface area (Å²) >= 11 is 2.19. The Morgan fingerprint density at radius 1 is 1.03 bits per heavy atom. The predicted octanol–water partition coefficient (Wildman–Crippen LogP) is 5.61. The van der Waals surface area contributed by atoms with Crippen molar-refractivity contribution < 1.29 is 23.7 Å². The van der Waals surface area contributed by atoms with Crippen molar-refractivity contribution in [2.75, 3.05) is 20.3 Å². The van der Waals surface area contributed by atoms with Gasteiger partial charge in [-0.05, 0) is 71.0 Å². The number of nitrogens with one attached hydrogen (secondary N) is 1. The lowest BCUT2D eigenvalue weighted by molar-refractivity contribution is 0.0954. The summed E-state index contributed by atoms with van der Waals surface area (Å²) in [6, 6.07) is 18.6. The number of hydrazone groups is 1. The van der Waals surface area contributed by atoms with E-state index >= 15 is 0 Å². The highest BCUT2D eigenvalue weighted by Gasteiger charge is 2.13. The molecule has 0 radical (unpaired) electrons. The molecule has 0 atom stereocenters. The van der Waals surface area contributed by atoms with Gasteiger partial charge in [-0.2, -0.15) is 5.10 Å². The Hall–Kier alpha value is -3.53. The number of ether oxygens (including phenoxy) is 4. The molecule has 0 saturated carbocycles. The van der Waals surface area contributed by atoms with Gasteiger partial charge in [0.25, 0.3) is 5.91 Å². The molecule has 3 rings (SSSR count). The number of carbonyl (C=O) groups excluding carboxylic acids is 1. The molecule has 0 aliphatic rings. The van der Waals surface area contributed by atoms with Crippen LogP contribution in [0.15, 0.2) is 78.4 Å². The number of hydrogen-bond acceptors (Lipinski definition) is 6. The van der Waals surface area contributed by atoms with Crippen LogP contribution in [0.4, 0.5) is 0 Å². The van der Waals surface area contributed by atoms with Crippen LogP contribution in [0.1, 0.15) is 28.4 Å². The van der Waals surface area contributed by atoms with Crippen molar-refractivity contribution in [2.24, 2.45) is 5.10 Å². The fraction of sp³-hybridized carbons (Fsp3) is 0.185. The van der Waals surface area contributed by atoms with Crippen LogP contribution >= 0.6 is 22.6 Å². The number of rotatable bonds is 12. The van der Waals surface area contributed by atoms with Gasteiger partial charge in [-0.3, -0.25) is 4.79 Å². The molecule has 7 nitrogen and oxygen atoms in total. The lowest BCUT2D eigenvalue weighted by Gasteiger charge is -2.13. The zero-order valence-corrected chi connectivity index (χ0v) is 21.8. The van der Waals surface area contributed by atoms with Gasteiger partial charge in [0, 0.05) is 5.56 Å². The maximum absolute atomic E-state index is 12.6. The number of carbonyl (C=O) groups is 1. The molecule has 3 aromatic rings. The number of nitrogens with zero attached hydrogens (tertiary/aromatic N) is 1. The molecule has 0 aromatic heterocycles. The second-order valence-corrected chi connectivity index (χ2v) is 8.36. The Labute approximate surface area is 218 Å². The molecule has 8 heteroatoms. The first-order chi connectivity index (χ1) is 17.0. The number of methoxy groups -OCH3 is 1. The van der Waals surface area contributed by atoms with Crippen LogP contribution in [0.3, 0.4) is 0 Å². The average Bonchev–Trinajstić information content (AvgIpc) is 2.87. The minimum Gasteiger partial charge on any atom is -0.493 e. The predicted molar refractivity (Wildman–Crippen MR) is 145 cm³/mol. The zero-order chi connectivity index (χ0) is 25.0. The van der Waals surface area contributed by atoms with Crippen LogP contribution < -0.4 is 24.4 Å². The number of benzene rings is 3. The first-order valence-corrected chi connectivity index (χ1v) is 12.0. The van der Waals surface area contributed by atoms with Crippen molar-refractivity contribution in [1.82, 2.24) is 5.43 Å².